The van der Waals surface area contributed by atoms with Crippen LogP contribution in [0.3, 0.4) is 0 Å². The number of aromatic amines is 1. The molecule has 1 unspecified atom stereocenters. The Morgan fingerprint density at radius 2 is 1.84 bits per heavy atom. The number of nitrogens with zero attached hydrogens (tertiary/aromatic N) is 1. The van der Waals surface area contributed by atoms with Crippen LogP contribution in [0.4, 0.5) is 0 Å². The maximum absolute atomic E-state index is 13.2. The number of aryl methyl sites for hydroxylation is 1. The number of rotatable bonds is 7. The minimum absolute atomic E-state index is 0.171. The van der Waals surface area contributed by atoms with E-state index in [0.29, 0.717) is 34.8 Å². The van der Waals surface area contributed by atoms with Gasteiger partial charge in [0, 0.05) is 28.3 Å². The number of benzene rings is 2. The molecule has 1 amide bonds. The fraction of sp³-hybridized carbons (Fsp3) is 0.160. The molecule has 0 aliphatic rings. The van der Waals surface area contributed by atoms with Gasteiger partial charge in [0.1, 0.15) is 17.1 Å². The average molecular weight is 492 g/mol. The minimum atomic E-state index is -0.262. The number of hydrogen-bond acceptors (Lipinski definition) is 4. The standard InChI is InChI=1S/C25H22BrN3O3/c1-15(17-6-4-3-5-7-17)13-28-25(31)21-12-19(14-27-21)24(30)22-16(2)32-29-23(22)18-8-10-20(26)11-9-18/h3-12,14-15,27H,13H2,1-2H3,(H,28,31). The maximum atomic E-state index is 13.2. The third kappa shape index (κ3) is 4.57. The van der Waals surface area contributed by atoms with Gasteiger partial charge in [-0.3, -0.25) is 9.59 Å². The highest BCUT2D eigenvalue weighted by Crippen LogP contribution is 2.28. The molecule has 0 spiro atoms. The van der Waals surface area contributed by atoms with E-state index in [-0.39, 0.29) is 17.6 Å². The van der Waals surface area contributed by atoms with Crippen molar-refractivity contribution in [1.82, 2.24) is 15.5 Å². The number of aromatic nitrogens is 2. The van der Waals surface area contributed by atoms with E-state index in [2.05, 4.69) is 38.3 Å². The molecule has 0 fully saturated rings. The van der Waals surface area contributed by atoms with Crippen molar-refractivity contribution < 1.29 is 14.1 Å². The summed E-state index contributed by atoms with van der Waals surface area (Å²) in [6, 6.07) is 19.0. The molecule has 2 heterocycles. The Bertz CT molecular complexity index is 1240. The molecule has 0 saturated carbocycles. The van der Waals surface area contributed by atoms with E-state index in [1.165, 1.54) is 6.20 Å². The summed E-state index contributed by atoms with van der Waals surface area (Å²) in [5.74, 6) is 0.0813. The molecule has 162 valence electrons. The number of carbonyl (C=O) groups excluding carboxylic acids is 2. The van der Waals surface area contributed by atoms with Crippen molar-refractivity contribution in [3.8, 4) is 11.3 Å². The van der Waals surface area contributed by atoms with E-state index in [9.17, 15) is 9.59 Å². The molecular formula is C25H22BrN3O3. The summed E-state index contributed by atoms with van der Waals surface area (Å²) < 4.78 is 6.24. The van der Waals surface area contributed by atoms with E-state index >= 15 is 0 Å². The smallest absolute Gasteiger partial charge is 0.267 e. The lowest BCUT2D eigenvalue weighted by Crippen LogP contribution is -2.27. The summed E-state index contributed by atoms with van der Waals surface area (Å²) >= 11 is 3.41. The number of carbonyl (C=O) groups is 2. The zero-order chi connectivity index (χ0) is 22.7. The number of nitrogens with one attached hydrogen (secondary N) is 2. The Kier molecular flexibility index (Phi) is 6.37. The summed E-state index contributed by atoms with van der Waals surface area (Å²) in [6.45, 7) is 4.25. The SMILES string of the molecule is Cc1onc(-c2ccc(Br)cc2)c1C(=O)c1c[nH]c(C(=O)NCC(C)c2ccccc2)c1. The lowest BCUT2D eigenvalue weighted by Gasteiger charge is -2.12. The third-order valence-corrected chi connectivity index (χ3v) is 5.86. The van der Waals surface area contributed by atoms with Crippen LogP contribution < -0.4 is 5.32 Å². The lowest BCUT2D eigenvalue weighted by molar-refractivity contribution is 0.0947. The monoisotopic (exact) mass is 491 g/mol. The van der Waals surface area contributed by atoms with Crippen LogP contribution in [0.15, 0.2) is 75.9 Å². The predicted octanol–water partition coefficient (Wildman–Crippen LogP) is 5.51. The van der Waals surface area contributed by atoms with Gasteiger partial charge in [-0.25, -0.2) is 0 Å². The highest BCUT2D eigenvalue weighted by atomic mass is 79.9. The molecule has 0 bridgehead atoms. The van der Waals surface area contributed by atoms with Gasteiger partial charge in [-0.1, -0.05) is 70.5 Å². The molecule has 0 saturated heterocycles. The van der Waals surface area contributed by atoms with Crippen LogP contribution in [0.25, 0.3) is 11.3 Å². The molecule has 4 rings (SSSR count). The Morgan fingerprint density at radius 3 is 2.56 bits per heavy atom. The van der Waals surface area contributed by atoms with Crippen LogP contribution in [0, 0.1) is 6.92 Å². The van der Waals surface area contributed by atoms with Gasteiger partial charge in [0.15, 0.2) is 5.78 Å². The Hall–Kier alpha value is -3.45. The van der Waals surface area contributed by atoms with Crippen LogP contribution in [-0.2, 0) is 0 Å². The van der Waals surface area contributed by atoms with E-state index in [1.807, 2.05) is 54.6 Å². The highest BCUT2D eigenvalue weighted by Gasteiger charge is 2.24. The summed E-state index contributed by atoms with van der Waals surface area (Å²) in [7, 11) is 0. The summed E-state index contributed by atoms with van der Waals surface area (Å²) in [4.78, 5) is 28.7. The number of H-pyrrole nitrogens is 1. The fourth-order valence-corrected chi connectivity index (χ4v) is 3.75. The normalized spacial score (nSPS) is 11.8. The van der Waals surface area contributed by atoms with Crippen LogP contribution in [0.5, 0.6) is 0 Å². The lowest BCUT2D eigenvalue weighted by atomic mass is 9.99. The largest absolute Gasteiger partial charge is 0.360 e. The van der Waals surface area contributed by atoms with Gasteiger partial charge in [-0.15, -0.1) is 0 Å². The van der Waals surface area contributed by atoms with Gasteiger partial charge in [0.25, 0.3) is 5.91 Å². The maximum Gasteiger partial charge on any atom is 0.267 e. The van der Waals surface area contributed by atoms with Crippen molar-refractivity contribution >= 4 is 27.6 Å². The predicted molar refractivity (Wildman–Crippen MR) is 126 cm³/mol. The molecule has 2 N–H and O–H groups in total. The number of hydrogen-bond donors (Lipinski definition) is 2. The van der Waals surface area contributed by atoms with Crippen molar-refractivity contribution in [3.05, 3.63) is 99.5 Å². The first-order valence-corrected chi connectivity index (χ1v) is 11.0. The van der Waals surface area contributed by atoms with Crippen molar-refractivity contribution in [3.63, 3.8) is 0 Å². The molecule has 7 heteroatoms. The second-order valence-corrected chi connectivity index (χ2v) is 8.54. The first kappa shape index (κ1) is 21.8. The quantitative estimate of drug-likeness (QED) is 0.334. The summed E-state index contributed by atoms with van der Waals surface area (Å²) in [5.41, 5.74) is 3.49. The summed E-state index contributed by atoms with van der Waals surface area (Å²) in [6.07, 6.45) is 1.54. The Balaban J connectivity index is 1.49. The Morgan fingerprint density at radius 1 is 1.12 bits per heavy atom. The van der Waals surface area contributed by atoms with Crippen molar-refractivity contribution in [1.29, 1.82) is 0 Å². The molecule has 2 aromatic carbocycles. The van der Waals surface area contributed by atoms with Crippen molar-refractivity contribution in [2.75, 3.05) is 6.54 Å². The molecule has 0 aliphatic carbocycles. The molecule has 4 aromatic rings. The van der Waals surface area contributed by atoms with Crippen LogP contribution in [0.2, 0.25) is 0 Å². The zero-order valence-electron chi connectivity index (χ0n) is 17.7. The van der Waals surface area contributed by atoms with Crippen molar-refractivity contribution in [2.24, 2.45) is 0 Å². The second-order valence-electron chi connectivity index (χ2n) is 7.62. The molecule has 32 heavy (non-hydrogen) atoms. The van der Waals surface area contributed by atoms with Crippen molar-refractivity contribution in [2.45, 2.75) is 19.8 Å². The number of ketones is 1. The average Bonchev–Trinajstić information content (AvgIpc) is 3.45. The third-order valence-electron chi connectivity index (χ3n) is 5.33. The van der Waals surface area contributed by atoms with E-state index in [4.69, 9.17) is 4.52 Å². The fourth-order valence-electron chi connectivity index (χ4n) is 3.49. The number of halogens is 1. The first-order chi connectivity index (χ1) is 15.4. The number of amides is 1. The first-order valence-electron chi connectivity index (χ1n) is 10.2. The molecule has 0 aliphatic heterocycles. The Labute approximate surface area is 194 Å². The molecule has 6 nitrogen and oxygen atoms in total. The van der Waals surface area contributed by atoms with Gasteiger partial charge in [0.2, 0.25) is 0 Å². The highest BCUT2D eigenvalue weighted by molar-refractivity contribution is 9.10. The van der Waals surface area contributed by atoms with E-state index in [0.717, 1.165) is 15.6 Å². The van der Waals surface area contributed by atoms with E-state index < -0.39 is 0 Å². The minimum Gasteiger partial charge on any atom is -0.360 e. The zero-order valence-corrected chi connectivity index (χ0v) is 19.3. The van der Waals surface area contributed by atoms with Gasteiger partial charge in [0.05, 0.1) is 5.56 Å². The molecule has 2 aromatic heterocycles. The van der Waals surface area contributed by atoms with Gasteiger partial charge in [-0.05, 0) is 36.6 Å². The van der Waals surface area contributed by atoms with Crippen LogP contribution >= 0.6 is 15.9 Å². The molecule has 0 radical (unpaired) electrons. The van der Waals surface area contributed by atoms with Crippen LogP contribution in [-0.4, -0.2) is 28.4 Å². The van der Waals surface area contributed by atoms with Gasteiger partial charge < -0.3 is 14.8 Å². The van der Waals surface area contributed by atoms with Crippen LogP contribution in [0.1, 0.15) is 50.6 Å². The topological polar surface area (TPSA) is 88.0 Å². The summed E-state index contributed by atoms with van der Waals surface area (Å²) in [5, 5.41) is 7.00. The van der Waals surface area contributed by atoms with Gasteiger partial charge in [-0.2, -0.15) is 0 Å². The molecule has 1 atom stereocenters. The van der Waals surface area contributed by atoms with E-state index in [1.54, 1.807) is 13.0 Å². The van der Waals surface area contributed by atoms with Gasteiger partial charge >= 0.3 is 0 Å². The second kappa shape index (κ2) is 9.36. The molecular weight excluding hydrogens is 470 g/mol.